The molecule has 106 valence electrons. The minimum Gasteiger partial charge on any atom is -0.506 e. The van der Waals surface area contributed by atoms with Gasteiger partial charge in [-0.3, -0.25) is 9.59 Å². The Morgan fingerprint density at radius 3 is 2.60 bits per heavy atom. The number of aromatic amines is 1. The Labute approximate surface area is 116 Å². The number of hydrogen-bond donors (Lipinski definition) is 3. The van der Waals surface area contributed by atoms with Crippen molar-refractivity contribution in [1.82, 2.24) is 10.3 Å². The van der Waals surface area contributed by atoms with Gasteiger partial charge in [-0.25, -0.2) is 0 Å². The first-order chi connectivity index (χ1) is 9.28. The predicted octanol–water partition coefficient (Wildman–Crippen LogP) is 1.80. The van der Waals surface area contributed by atoms with Gasteiger partial charge in [0.25, 0.3) is 0 Å². The van der Waals surface area contributed by atoms with Crippen molar-refractivity contribution in [2.24, 2.45) is 0 Å². The number of rotatable bonds is 3. The number of phenols is 1. The molecule has 0 amide bonds. The van der Waals surface area contributed by atoms with E-state index in [4.69, 9.17) is 0 Å². The first-order valence-electron chi connectivity index (χ1n) is 6.41. The minimum atomic E-state index is -0.315. The molecule has 0 saturated heterocycles. The average Bonchev–Trinajstić information content (AvgIpc) is 2.36. The topological polar surface area (TPSA) is 82.2 Å². The van der Waals surface area contributed by atoms with Crippen LogP contribution in [0.25, 0.3) is 10.9 Å². The van der Waals surface area contributed by atoms with E-state index in [-0.39, 0.29) is 29.2 Å². The van der Waals surface area contributed by atoms with Crippen LogP contribution in [0.1, 0.15) is 31.1 Å². The van der Waals surface area contributed by atoms with Crippen molar-refractivity contribution in [2.45, 2.75) is 26.3 Å². The highest BCUT2D eigenvalue weighted by Crippen LogP contribution is 2.24. The molecule has 3 N–H and O–H groups in total. The molecule has 1 aromatic heterocycles. The molecule has 5 nitrogen and oxygen atoms in total. The Kier molecular flexibility index (Phi) is 3.63. The molecule has 0 bridgehead atoms. The fraction of sp³-hybridized carbons (Fsp3) is 0.333. The van der Waals surface area contributed by atoms with E-state index in [2.05, 4.69) is 10.3 Å². The maximum atomic E-state index is 12.3. The smallest absolute Gasteiger partial charge is 0.248 e. The van der Waals surface area contributed by atoms with Crippen LogP contribution in [-0.4, -0.2) is 28.0 Å². The summed E-state index contributed by atoms with van der Waals surface area (Å²) < 4.78 is 0. The number of Topliss-reactive ketones (excluding diaryl/α,β-unsaturated/α-hetero) is 1. The lowest BCUT2D eigenvalue weighted by Crippen LogP contribution is -2.39. The summed E-state index contributed by atoms with van der Waals surface area (Å²) >= 11 is 0. The second-order valence-corrected chi connectivity index (χ2v) is 5.77. The molecule has 20 heavy (non-hydrogen) atoms. The van der Waals surface area contributed by atoms with Crippen LogP contribution in [0.5, 0.6) is 5.75 Å². The third kappa shape index (κ3) is 3.05. The van der Waals surface area contributed by atoms with E-state index in [1.165, 1.54) is 12.1 Å². The first kappa shape index (κ1) is 14.3. The summed E-state index contributed by atoms with van der Waals surface area (Å²) in [5, 5.41) is 13.4. The lowest BCUT2D eigenvalue weighted by atomic mass is 10.0. The van der Waals surface area contributed by atoms with Gasteiger partial charge in [0.1, 0.15) is 5.75 Å². The molecule has 0 saturated carbocycles. The second kappa shape index (κ2) is 5.09. The molecule has 0 spiro atoms. The highest BCUT2D eigenvalue weighted by Gasteiger charge is 2.16. The maximum absolute atomic E-state index is 12.3. The van der Waals surface area contributed by atoms with Crippen molar-refractivity contribution >= 4 is 16.7 Å². The SMILES string of the molecule is CC(C)(C)NCC(=O)c1ccc(O)c2[nH]c(=O)ccc12. The van der Waals surface area contributed by atoms with Crippen LogP contribution in [0.2, 0.25) is 0 Å². The van der Waals surface area contributed by atoms with E-state index >= 15 is 0 Å². The first-order valence-corrected chi connectivity index (χ1v) is 6.41. The maximum Gasteiger partial charge on any atom is 0.248 e. The van der Waals surface area contributed by atoms with E-state index in [9.17, 15) is 14.7 Å². The molecule has 0 aliphatic carbocycles. The van der Waals surface area contributed by atoms with Crippen LogP contribution in [-0.2, 0) is 0 Å². The number of phenolic OH excluding ortho intramolecular Hbond substituents is 1. The van der Waals surface area contributed by atoms with Crippen LogP contribution in [0.4, 0.5) is 0 Å². The second-order valence-electron chi connectivity index (χ2n) is 5.77. The number of nitrogens with one attached hydrogen (secondary N) is 2. The number of aromatic nitrogens is 1. The minimum absolute atomic E-state index is 0.0435. The lowest BCUT2D eigenvalue weighted by Gasteiger charge is -2.20. The summed E-state index contributed by atoms with van der Waals surface area (Å²) in [4.78, 5) is 26.1. The molecule has 1 heterocycles. The number of fused-ring (bicyclic) bond motifs is 1. The number of aromatic hydroxyl groups is 1. The van der Waals surface area contributed by atoms with Crippen LogP contribution >= 0.6 is 0 Å². The summed E-state index contributed by atoms with van der Waals surface area (Å²) in [7, 11) is 0. The fourth-order valence-electron chi connectivity index (χ4n) is 1.92. The van der Waals surface area contributed by atoms with Crippen molar-refractivity contribution in [3.8, 4) is 5.75 Å². The van der Waals surface area contributed by atoms with Gasteiger partial charge in [-0.2, -0.15) is 0 Å². The van der Waals surface area contributed by atoms with Gasteiger partial charge in [-0.05, 0) is 39.0 Å². The highest BCUT2D eigenvalue weighted by atomic mass is 16.3. The normalized spacial score (nSPS) is 11.8. The molecule has 0 unspecified atom stereocenters. The fourth-order valence-corrected chi connectivity index (χ4v) is 1.92. The molecule has 0 fully saturated rings. The van der Waals surface area contributed by atoms with Crippen LogP contribution < -0.4 is 10.9 Å². The largest absolute Gasteiger partial charge is 0.506 e. The average molecular weight is 274 g/mol. The molecule has 2 aromatic rings. The zero-order valence-corrected chi connectivity index (χ0v) is 11.8. The molecule has 5 heteroatoms. The van der Waals surface area contributed by atoms with Crippen LogP contribution in [0, 0.1) is 0 Å². The Balaban J connectivity index is 2.42. The van der Waals surface area contributed by atoms with Crippen molar-refractivity contribution < 1.29 is 9.90 Å². The summed E-state index contributed by atoms with van der Waals surface area (Å²) in [5.74, 6) is -0.130. The molecule has 0 aliphatic heterocycles. The highest BCUT2D eigenvalue weighted by molar-refractivity contribution is 6.09. The number of benzene rings is 1. The van der Waals surface area contributed by atoms with E-state index < -0.39 is 0 Å². The number of pyridine rings is 1. The Bertz CT molecular complexity index is 711. The third-order valence-corrected chi connectivity index (χ3v) is 2.95. The monoisotopic (exact) mass is 274 g/mol. The van der Waals surface area contributed by atoms with E-state index in [1.54, 1.807) is 12.1 Å². The van der Waals surface area contributed by atoms with Gasteiger partial charge in [-0.15, -0.1) is 0 Å². The zero-order chi connectivity index (χ0) is 14.9. The van der Waals surface area contributed by atoms with Crippen LogP contribution in [0.15, 0.2) is 29.1 Å². The summed E-state index contributed by atoms with van der Waals surface area (Å²) in [6.45, 7) is 6.13. The number of hydrogen-bond acceptors (Lipinski definition) is 4. The molecular formula is C15H18N2O3. The van der Waals surface area contributed by atoms with Gasteiger partial charge < -0.3 is 15.4 Å². The molecule has 0 aliphatic rings. The number of carbonyl (C=O) groups is 1. The molecular weight excluding hydrogens is 256 g/mol. The van der Waals surface area contributed by atoms with Gasteiger partial charge in [0.05, 0.1) is 12.1 Å². The van der Waals surface area contributed by atoms with Gasteiger partial charge in [0.15, 0.2) is 5.78 Å². The van der Waals surface area contributed by atoms with E-state index in [0.717, 1.165) is 0 Å². The van der Waals surface area contributed by atoms with Crippen molar-refractivity contribution in [3.63, 3.8) is 0 Å². The quantitative estimate of drug-likeness (QED) is 0.745. The zero-order valence-electron chi connectivity index (χ0n) is 11.8. The van der Waals surface area contributed by atoms with Crippen molar-refractivity contribution in [3.05, 3.63) is 40.2 Å². The Hall–Kier alpha value is -2.14. The summed E-state index contributed by atoms with van der Waals surface area (Å²) in [6.07, 6.45) is 0. The third-order valence-electron chi connectivity index (χ3n) is 2.95. The number of carbonyl (C=O) groups excluding carboxylic acids is 1. The standard InChI is InChI=1S/C15H18N2O3/c1-15(2,3)16-8-12(19)9-4-6-11(18)14-10(9)5-7-13(20)17-14/h4-7,16,18H,8H2,1-3H3,(H,17,20). The Morgan fingerprint density at radius 2 is 1.95 bits per heavy atom. The molecule has 0 atom stereocenters. The summed E-state index contributed by atoms with van der Waals surface area (Å²) in [5.41, 5.74) is 0.298. The number of H-pyrrole nitrogens is 1. The van der Waals surface area contributed by atoms with E-state index in [1.807, 2.05) is 20.8 Å². The Morgan fingerprint density at radius 1 is 1.25 bits per heavy atom. The van der Waals surface area contributed by atoms with Gasteiger partial charge >= 0.3 is 0 Å². The van der Waals surface area contributed by atoms with Crippen molar-refractivity contribution in [2.75, 3.05) is 6.54 Å². The molecule has 2 rings (SSSR count). The lowest BCUT2D eigenvalue weighted by molar-refractivity contribution is 0.0983. The molecule has 0 radical (unpaired) electrons. The van der Waals surface area contributed by atoms with Crippen LogP contribution in [0.3, 0.4) is 0 Å². The molecule has 1 aromatic carbocycles. The van der Waals surface area contributed by atoms with E-state index in [0.29, 0.717) is 16.5 Å². The predicted molar refractivity (Wildman–Crippen MR) is 78.3 cm³/mol. The van der Waals surface area contributed by atoms with Crippen molar-refractivity contribution in [1.29, 1.82) is 0 Å². The van der Waals surface area contributed by atoms with Gasteiger partial charge in [0, 0.05) is 22.6 Å². The van der Waals surface area contributed by atoms with Gasteiger partial charge in [0.2, 0.25) is 5.56 Å². The van der Waals surface area contributed by atoms with Gasteiger partial charge in [-0.1, -0.05) is 0 Å². The number of ketones is 1. The summed E-state index contributed by atoms with van der Waals surface area (Å²) in [6, 6.07) is 5.89.